The van der Waals surface area contributed by atoms with Gasteiger partial charge in [0, 0.05) is 16.5 Å². The Kier molecular flexibility index (Phi) is 9.85. The molecule has 0 saturated heterocycles. The maximum absolute atomic E-state index is 5.56. The molecule has 0 aliphatic rings. The minimum Gasteiger partial charge on any atom is -0.372 e. The first kappa shape index (κ1) is 11.5. The topological polar surface area (TPSA) is 3.24 Å². The Morgan fingerprint density at radius 2 is 1.10 bits per heavy atom. The normalized spacial score (nSPS) is 10.8. The highest BCUT2D eigenvalue weighted by atomic mass is 35.5. The molecule has 0 spiro atoms. The first-order valence-corrected chi connectivity index (χ1v) is 7.60. The Bertz CT molecular complexity index is 61.7. The van der Waals surface area contributed by atoms with Crippen LogP contribution in [0.4, 0.5) is 0 Å². The molecular weight excluding hydrogens is 241 g/mol. The van der Waals surface area contributed by atoms with Crippen LogP contribution in [-0.4, -0.2) is 49.5 Å². The van der Waals surface area contributed by atoms with Crippen LogP contribution in [0, 0.1) is 0 Å². The quantitative estimate of drug-likeness (QED) is 0.494. The van der Waals surface area contributed by atoms with Crippen molar-refractivity contribution in [3.63, 3.8) is 0 Å². The molecule has 0 rings (SSSR count). The molecule has 0 bridgehead atoms. The number of rotatable bonds is 6. The summed E-state index contributed by atoms with van der Waals surface area (Å²) in [4.78, 5) is 0. The lowest BCUT2D eigenvalue weighted by atomic mass is 11.9. The molecule has 0 aliphatic carbocycles. The Balaban J connectivity index is 3.30. The summed E-state index contributed by atoms with van der Waals surface area (Å²) in [6.07, 6.45) is 0. The minimum absolute atomic E-state index is 0.674. The van der Waals surface area contributed by atoms with Crippen LogP contribution in [-0.2, 0) is 0 Å². The molecule has 56 valence electrons. The highest BCUT2D eigenvalue weighted by Crippen LogP contribution is 1.85. The molecule has 0 aromatic rings. The molecule has 10 heavy (non-hydrogen) atoms. The zero-order valence-corrected chi connectivity index (χ0v) is 10.5. The van der Waals surface area contributed by atoms with Gasteiger partial charge in [0.05, 0.1) is 0 Å². The van der Waals surface area contributed by atoms with Gasteiger partial charge in [0.15, 0.2) is 0 Å². The number of hydrogen-bond donors (Lipinski definition) is 0. The monoisotopic (exact) mass is 245 g/mol. The van der Waals surface area contributed by atoms with E-state index in [1.165, 1.54) is 0 Å². The highest BCUT2D eigenvalue weighted by Gasteiger charge is 2.04. The third kappa shape index (κ3) is 6.21. The van der Waals surface area contributed by atoms with Crippen LogP contribution in [0.1, 0.15) is 0 Å². The summed E-state index contributed by atoms with van der Waals surface area (Å²) in [6, 6.07) is 0. The van der Waals surface area contributed by atoms with E-state index in [4.69, 9.17) is 34.8 Å². The molecule has 0 amide bonds. The summed E-state index contributed by atoms with van der Waals surface area (Å²) in [7, 11) is 2.02. The van der Waals surface area contributed by atoms with Crippen molar-refractivity contribution in [2.24, 2.45) is 0 Å². The number of hydrogen-bond acceptors (Lipinski definition) is 1. The van der Waals surface area contributed by atoms with E-state index in [2.05, 4.69) is 3.90 Å². The Morgan fingerprint density at radius 3 is 1.30 bits per heavy atom. The van der Waals surface area contributed by atoms with Crippen LogP contribution in [0.15, 0.2) is 0 Å². The van der Waals surface area contributed by atoms with Gasteiger partial charge < -0.3 is 3.90 Å². The molecular formula is C3H6Cl3NSi3. The van der Waals surface area contributed by atoms with E-state index in [0.29, 0.717) is 45.6 Å². The second-order valence-electron chi connectivity index (χ2n) is 1.21. The SMILES string of the molecule is ClC[Si]N([Si]CCl)[Si]CCl. The lowest BCUT2D eigenvalue weighted by Crippen LogP contribution is -2.38. The van der Waals surface area contributed by atoms with E-state index in [1.807, 2.05) is 0 Å². The van der Waals surface area contributed by atoms with E-state index in [9.17, 15) is 0 Å². The second kappa shape index (κ2) is 8.58. The van der Waals surface area contributed by atoms with Gasteiger partial charge in [0.1, 0.15) is 29.0 Å². The van der Waals surface area contributed by atoms with E-state index < -0.39 is 0 Å². The van der Waals surface area contributed by atoms with E-state index in [1.54, 1.807) is 0 Å². The van der Waals surface area contributed by atoms with Gasteiger partial charge in [-0.05, 0) is 0 Å². The Morgan fingerprint density at radius 1 is 0.800 bits per heavy atom. The van der Waals surface area contributed by atoms with Crippen molar-refractivity contribution in [1.82, 2.24) is 3.90 Å². The average Bonchev–Trinajstić information content (AvgIpc) is 1.90. The fourth-order valence-corrected chi connectivity index (χ4v) is 6.35. The fraction of sp³-hybridized carbons (Fsp3) is 1.00. The maximum Gasteiger partial charge on any atom is 0.143 e. The van der Waals surface area contributed by atoms with Gasteiger partial charge in [-0.2, -0.15) is 0 Å². The summed E-state index contributed by atoms with van der Waals surface area (Å²) in [5, 5.41) is 0. The van der Waals surface area contributed by atoms with Gasteiger partial charge in [-0.3, -0.25) is 0 Å². The summed E-state index contributed by atoms with van der Waals surface area (Å²) in [5.74, 6) is 0. The molecule has 0 unspecified atom stereocenters. The van der Waals surface area contributed by atoms with Gasteiger partial charge in [0.25, 0.3) is 0 Å². The van der Waals surface area contributed by atoms with Gasteiger partial charge >= 0.3 is 0 Å². The molecule has 0 fully saturated rings. The Hall–Kier alpha value is 1.48. The summed E-state index contributed by atoms with van der Waals surface area (Å²) in [5.41, 5.74) is 2.06. The van der Waals surface area contributed by atoms with Crippen molar-refractivity contribution in [1.29, 1.82) is 0 Å². The molecule has 7 heteroatoms. The largest absolute Gasteiger partial charge is 0.372 e. The summed E-state index contributed by atoms with van der Waals surface area (Å²) < 4.78 is 2.23. The molecule has 0 heterocycles. The maximum atomic E-state index is 5.56. The van der Waals surface area contributed by atoms with Crippen molar-refractivity contribution in [3.8, 4) is 0 Å². The smallest absolute Gasteiger partial charge is 0.143 e. The van der Waals surface area contributed by atoms with Gasteiger partial charge in [0.2, 0.25) is 0 Å². The zero-order valence-electron chi connectivity index (χ0n) is 5.20. The molecule has 0 atom stereocenters. The van der Waals surface area contributed by atoms with Crippen LogP contribution >= 0.6 is 34.8 Å². The summed E-state index contributed by atoms with van der Waals surface area (Å²) >= 11 is 16.7. The molecule has 1 nitrogen and oxygen atoms in total. The lowest BCUT2D eigenvalue weighted by molar-refractivity contribution is 1.09. The van der Waals surface area contributed by atoms with Crippen molar-refractivity contribution < 1.29 is 0 Å². The molecule has 0 aliphatic heterocycles. The van der Waals surface area contributed by atoms with Crippen LogP contribution in [0.25, 0.3) is 0 Å². The predicted molar refractivity (Wildman–Crippen MR) is 51.3 cm³/mol. The standard InChI is InChI=1S/C3H6Cl3NSi3/c4-1-8-7(9-2-5)10-3-6/h1-3H2. The lowest BCUT2D eigenvalue weighted by Gasteiger charge is -2.14. The minimum atomic E-state index is 0.674. The number of nitrogens with zero attached hydrogens (tertiary/aromatic N) is 1. The van der Waals surface area contributed by atoms with E-state index in [-0.39, 0.29) is 0 Å². The van der Waals surface area contributed by atoms with Crippen molar-refractivity contribution >= 4 is 63.8 Å². The van der Waals surface area contributed by atoms with Crippen LogP contribution in [0.3, 0.4) is 0 Å². The second-order valence-corrected chi connectivity index (χ2v) is 8.05. The van der Waals surface area contributed by atoms with E-state index in [0.717, 1.165) is 0 Å². The molecule has 0 N–H and O–H groups in total. The highest BCUT2D eigenvalue weighted by molar-refractivity contribution is 6.73. The van der Waals surface area contributed by atoms with Crippen LogP contribution in [0.5, 0.6) is 0 Å². The summed E-state index contributed by atoms with van der Waals surface area (Å²) in [6.45, 7) is 0. The van der Waals surface area contributed by atoms with Crippen LogP contribution in [0.2, 0.25) is 0 Å². The first-order valence-electron chi connectivity index (χ1n) is 2.53. The number of halogens is 3. The molecule has 0 aromatic carbocycles. The van der Waals surface area contributed by atoms with Crippen molar-refractivity contribution in [2.45, 2.75) is 0 Å². The molecule has 6 radical (unpaired) electrons. The van der Waals surface area contributed by atoms with Crippen molar-refractivity contribution in [3.05, 3.63) is 0 Å². The number of alkyl halides is 3. The average molecular weight is 247 g/mol. The van der Waals surface area contributed by atoms with E-state index >= 15 is 0 Å². The third-order valence-corrected chi connectivity index (χ3v) is 5.88. The third-order valence-electron chi connectivity index (χ3n) is 0.654. The Labute approximate surface area is 84.1 Å². The zero-order chi connectivity index (χ0) is 7.82. The predicted octanol–water partition coefficient (Wildman–Crippen LogP) is 0.735. The molecule has 0 saturated carbocycles. The molecule has 0 aromatic heterocycles. The van der Waals surface area contributed by atoms with Gasteiger partial charge in [-0.1, -0.05) is 0 Å². The van der Waals surface area contributed by atoms with Crippen LogP contribution < -0.4 is 0 Å². The van der Waals surface area contributed by atoms with Gasteiger partial charge in [-0.25, -0.2) is 0 Å². The van der Waals surface area contributed by atoms with Gasteiger partial charge in [-0.15, -0.1) is 34.8 Å². The van der Waals surface area contributed by atoms with Crippen molar-refractivity contribution in [2.75, 3.05) is 16.5 Å². The first-order chi connectivity index (χ1) is 4.85. The fourth-order valence-electron chi connectivity index (χ4n) is 0.347.